The average Bonchev–Trinajstić information content (AvgIpc) is 2.77. The molecule has 0 saturated heterocycles. The SMILES string of the molecule is O=[N+]([O-])c1ccc(C#Cc2ccc(Br)cc2)o1. The minimum absolute atomic E-state index is 0.277. The monoisotopic (exact) mass is 291 g/mol. The minimum atomic E-state index is -0.592. The third kappa shape index (κ3) is 2.95. The van der Waals surface area contributed by atoms with E-state index in [1.807, 2.05) is 24.3 Å². The molecule has 0 N–H and O–H groups in total. The molecule has 1 heterocycles. The minimum Gasteiger partial charge on any atom is -0.392 e. The van der Waals surface area contributed by atoms with E-state index in [0.29, 0.717) is 0 Å². The molecule has 0 aliphatic heterocycles. The predicted octanol–water partition coefficient (Wildman–Crippen LogP) is 3.35. The van der Waals surface area contributed by atoms with Gasteiger partial charge in [-0.25, -0.2) is 0 Å². The molecule has 4 nitrogen and oxygen atoms in total. The molecule has 2 aromatic rings. The topological polar surface area (TPSA) is 56.3 Å². The quantitative estimate of drug-likeness (QED) is 0.460. The highest BCUT2D eigenvalue weighted by Gasteiger charge is 2.09. The van der Waals surface area contributed by atoms with Crippen LogP contribution in [-0.4, -0.2) is 4.92 Å². The Kier molecular flexibility index (Phi) is 3.26. The number of nitrogens with zero attached hydrogens (tertiary/aromatic N) is 1. The Labute approximate surface area is 106 Å². The van der Waals surface area contributed by atoms with Crippen LogP contribution in [0.25, 0.3) is 0 Å². The molecular formula is C12H6BrNO3. The summed E-state index contributed by atoms with van der Waals surface area (Å²) >= 11 is 3.32. The van der Waals surface area contributed by atoms with Crippen LogP contribution >= 0.6 is 15.9 Å². The standard InChI is InChI=1S/C12H6BrNO3/c13-10-4-1-9(2-5-10)3-6-11-7-8-12(17-11)14(15)16/h1-2,4-5,7-8H. The lowest BCUT2D eigenvalue weighted by molar-refractivity contribution is -0.402. The molecule has 0 unspecified atom stereocenters. The molecule has 0 fully saturated rings. The average molecular weight is 292 g/mol. The molecule has 84 valence electrons. The van der Waals surface area contributed by atoms with Crippen molar-refractivity contribution >= 4 is 21.8 Å². The lowest BCUT2D eigenvalue weighted by Crippen LogP contribution is -1.82. The Hall–Kier alpha value is -2.06. The van der Waals surface area contributed by atoms with Crippen LogP contribution in [0.5, 0.6) is 0 Å². The van der Waals surface area contributed by atoms with Gasteiger partial charge in [0.2, 0.25) is 0 Å². The van der Waals surface area contributed by atoms with Gasteiger partial charge in [-0.1, -0.05) is 21.9 Å². The van der Waals surface area contributed by atoms with Crippen molar-refractivity contribution in [1.82, 2.24) is 0 Å². The van der Waals surface area contributed by atoms with Gasteiger partial charge in [-0.05, 0) is 30.2 Å². The number of benzene rings is 1. The van der Waals surface area contributed by atoms with E-state index in [-0.39, 0.29) is 11.6 Å². The first-order chi connectivity index (χ1) is 8.15. The van der Waals surface area contributed by atoms with Crippen molar-refractivity contribution in [2.75, 3.05) is 0 Å². The zero-order valence-corrected chi connectivity index (χ0v) is 10.1. The van der Waals surface area contributed by atoms with Gasteiger partial charge in [0, 0.05) is 16.1 Å². The predicted molar refractivity (Wildman–Crippen MR) is 65.5 cm³/mol. The molecule has 0 atom stereocenters. The van der Waals surface area contributed by atoms with Gasteiger partial charge in [-0.15, -0.1) is 0 Å². The molecule has 17 heavy (non-hydrogen) atoms. The molecule has 1 aromatic carbocycles. The van der Waals surface area contributed by atoms with Crippen LogP contribution in [0.1, 0.15) is 11.3 Å². The van der Waals surface area contributed by atoms with Crippen molar-refractivity contribution < 1.29 is 9.34 Å². The van der Waals surface area contributed by atoms with Crippen molar-refractivity contribution in [2.24, 2.45) is 0 Å². The molecule has 0 radical (unpaired) electrons. The number of rotatable bonds is 1. The smallest absolute Gasteiger partial charge is 0.392 e. The molecule has 2 rings (SSSR count). The molecular weight excluding hydrogens is 286 g/mol. The highest BCUT2D eigenvalue weighted by molar-refractivity contribution is 9.10. The van der Waals surface area contributed by atoms with Crippen LogP contribution in [-0.2, 0) is 0 Å². The van der Waals surface area contributed by atoms with Gasteiger partial charge in [0.05, 0.1) is 6.07 Å². The largest absolute Gasteiger partial charge is 0.434 e. The fourth-order valence-corrected chi connectivity index (χ4v) is 1.42. The third-order valence-corrected chi connectivity index (χ3v) is 2.47. The maximum absolute atomic E-state index is 10.4. The van der Waals surface area contributed by atoms with Crippen LogP contribution in [0.2, 0.25) is 0 Å². The fourth-order valence-electron chi connectivity index (χ4n) is 1.16. The first-order valence-corrected chi connectivity index (χ1v) is 5.46. The van der Waals surface area contributed by atoms with Gasteiger partial charge in [-0.3, -0.25) is 10.1 Å². The second-order valence-electron chi connectivity index (χ2n) is 3.15. The van der Waals surface area contributed by atoms with Crippen molar-refractivity contribution in [3.05, 3.63) is 62.3 Å². The molecule has 5 heteroatoms. The fraction of sp³-hybridized carbons (Fsp3) is 0. The van der Waals surface area contributed by atoms with Crippen molar-refractivity contribution in [1.29, 1.82) is 0 Å². The van der Waals surface area contributed by atoms with E-state index in [0.717, 1.165) is 10.0 Å². The zero-order chi connectivity index (χ0) is 12.3. The van der Waals surface area contributed by atoms with Crippen LogP contribution in [0, 0.1) is 22.0 Å². The summed E-state index contributed by atoms with van der Waals surface area (Å²) in [6, 6.07) is 10.2. The third-order valence-electron chi connectivity index (χ3n) is 1.95. The lowest BCUT2D eigenvalue weighted by atomic mass is 10.2. The molecule has 0 bridgehead atoms. The van der Waals surface area contributed by atoms with Gasteiger partial charge < -0.3 is 4.42 Å². The van der Waals surface area contributed by atoms with Crippen molar-refractivity contribution in [3.8, 4) is 11.8 Å². The molecule has 0 aliphatic carbocycles. The number of hydrogen-bond acceptors (Lipinski definition) is 3. The van der Waals surface area contributed by atoms with Crippen LogP contribution in [0.3, 0.4) is 0 Å². The molecule has 1 aromatic heterocycles. The summed E-state index contributed by atoms with van der Waals surface area (Å²) < 4.78 is 5.88. The highest BCUT2D eigenvalue weighted by Crippen LogP contribution is 2.15. The lowest BCUT2D eigenvalue weighted by Gasteiger charge is -1.89. The Morgan fingerprint density at radius 3 is 2.41 bits per heavy atom. The zero-order valence-electron chi connectivity index (χ0n) is 8.51. The molecule has 0 spiro atoms. The van der Waals surface area contributed by atoms with E-state index in [4.69, 9.17) is 4.42 Å². The number of nitro groups is 1. The van der Waals surface area contributed by atoms with E-state index in [2.05, 4.69) is 27.8 Å². The number of furan rings is 1. The van der Waals surface area contributed by atoms with Crippen LogP contribution in [0.4, 0.5) is 5.88 Å². The Balaban J connectivity index is 2.20. The van der Waals surface area contributed by atoms with Crippen molar-refractivity contribution in [2.45, 2.75) is 0 Å². The van der Waals surface area contributed by atoms with E-state index in [1.165, 1.54) is 12.1 Å². The van der Waals surface area contributed by atoms with Gasteiger partial charge in [0.25, 0.3) is 0 Å². The Bertz CT molecular complexity index is 605. The highest BCUT2D eigenvalue weighted by atomic mass is 79.9. The van der Waals surface area contributed by atoms with Gasteiger partial charge in [0.15, 0.2) is 5.76 Å². The van der Waals surface area contributed by atoms with Crippen LogP contribution < -0.4 is 0 Å². The number of halogens is 1. The van der Waals surface area contributed by atoms with Gasteiger partial charge in [-0.2, -0.15) is 0 Å². The summed E-state index contributed by atoms with van der Waals surface area (Å²) in [5.74, 6) is 5.55. The maximum atomic E-state index is 10.4. The van der Waals surface area contributed by atoms with Gasteiger partial charge in [0.1, 0.15) is 4.92 Å². The second kappa shape index (κ2) is 4.85. The summed E-state index contributed by atoms with van der Waals surface area (Å²) in [6.07, 6.45) is 0. The maximum Gasteiger partial charge on any atom is 0.434 e. The summed E-state index contributed by atoms with van der Waals surface area (Å²) in [4.78, 5) is 9.79. The second-order valence-corrected chi connectivity index (χ2v) is 4.07. The first kappa shape index (κ1) is 11.4. The molecule has 0 aliphatic rings. The first-order valence-electron chi connectivity index (χ1n) is 4.67. The molecule has 0 amide bonds. The summed E-state index contributed by atoms with van der Waals surface area (Å²) in [7, 11) is 0. The summed E-state index contributed by atoms with van der Waals surface area (Å²) in [5.41, 5.74) is 0.812. The van der Waals surface area contributed by atoms with Crippen molar-refractivity contribution in [3.63, 3.8) is 0 Å². The number of hydrogen-bond donors (Lipinski definition) is 0. The Morgan fingerprint density at radius 1 is 1.12 bits per heavy atom. The van der Waals surface area contributed by atoms with E-state index in [1.54, 1.807) is 0 Å². The Morgan fingerprint density at radius 2 is 1.82 bits per heavy atom. The summed E-state index contributed by atoms with van der Waals surface area (Å²) in [6.45, 7) is 0. The van der Waals surface area contributed by atoms with E-state index in [9.17, 15) is 10.1 Å². The van der Waals surface area contributed by atoms with Crippen LogP contribution in [0.15, 0.2) is 45.3 Å². The van der Waals surface area contributed by atoms with E-state index < -0.39 is 4.92 Å². The normalized spacial score (nSPS) is 9.47. The molecule has 0 saturated carbocycles. The van der Waals surface area contributed by atoms with E-state index >= 15 is 0 Å². The summed E-state index contributed by atoms with van der Waals surface area (Å²) in [5, 5.41) is 10.4. The van der Waals surface area contributed by atoms with Gasteiger partial charge >= 0.3 is 5.88 Å².